The number of nitrogens with zero attached hydrogens (tertiary/aromatic N) is 4. The first-order chi connectivity index (χ1) is 15.6. The van der Waals surface area contributed by atoms with Crippen LogP contribution in [0.4, 0.5) is 5.82 Å². The lowest BCUT2D eigenvalue weighted by Gasteiger charge is -2.35. The maximum absolute atomic E-state index is 12.8. The van der Waals surface area contributed by atoms with Gasteiger partial charge in [0.2, 0.25) is 5.88 Å². The molecule has 0 atom stereocenters. The summed E-state index contributed by atoms with van der Waals surface area (Å²) in [6.45, 7) is 6.78. The predicted molar refractivity (Wildman–Crippen MR) is 124 cm³/mol. The Kier molecular flexibility index (Phi) is 6.54. The van der Waals surface area contributed by atoms with Crippen LogP contribution in [-0.2, 0) is 6.42 Å². The monoisotopic (exact) mass is 432 g/mol. The number of carbonyl (C=O) groups excluding carboxylic acids is 1. The van der Waals surface area contributed by atoms with Gasteiger partial charge in [-0.3, -0.25) is 4.79 Å². The molecule has 1 saturated heterocycles. The van der Waals surface area contributed by atoms with Crippen LogP contribution in [0.3, 0.4) is 0 Å². The zero-order chi connectivity index (χ0) is 22.5. The lowest BCUT2D eigenvalue weighted by atomic mass is 10.1. The number of amides is 1. The summed E-state index contributed by atoms with van der Waals surface area (Å²) in [7, 11) is 1.62. The van der Waals surface area contributed by atoms with Gasteiger partial charge in [-0.25, -0.2) is 9.97 Å². The molecule has 7 nitrogen and oxygen atoms in total. The van der Waals surface area contributed by atoms with Gasteiger partial charge < -0.3 is 19.3 Å². The standard InChI is InChI=1S/C25H28N4O3/c1-4-19-6-8-20(9-7-19)25(30)29-13-11-28(12-14-29)23-16-24(27-17-26-23)32-21-10-5-18(2)15-22(21)31-3/h5-10,15-17H,4,11-14H2,1-3H3. The molecule has 0 aliphatic carbocycles. The number of rotatable bonds is 6. The molecule has 1 fully saturated rings. The van der Waals surface area contributed by atoms with Gasteiger partial charge in [0.1, 0.15) is 12.1 Å². The molecule has 0 unspecified atom stereocenters. The lowest BCUT2D eigenvalue weighted by Crippen LogP contribution is -2.49. The molecule has 1 aliphatic rings. The molecule has 166 valence electrons. The number of aromatic nitrogens is 2. The molecule has 32 heavy (non-hydrogen) atoms. The van der Waals surface area contributed by atoms with Crippen LogP contribution in [0.25, 0.3) is 0 Å². The summed E-state index contributed by atoms with van der Waals surface area (Å²) in [4.78, 5) is 25.5. The van der Waals surface area contributed by atoms with Gasteiger partial charge in [-0.05, 0) is 48.7 Å². The fourth-order valence-corrected chi connectivity index (χ4v) is 3.73. The third-order valence-electron chi connectivity index (χ3n) is 5.66. The quantitative estimate of drug-likeness (QED) is 0.584. The SMILES string of the molecule is CCc1ccc(C(=O)N2CCN(c3cc(Oc4ccc(C)cc4OC)ncn3)CC2)cc1. The Hall–Kier alpha value is -3.61. The molecule has 2 heterocycles. The Labute approximate surface area is 188 Å². The van der Waals surface area contributed by atoms with Crippen molar-refractivity contribution in [1.29, 1.82) is 0 Å². The highest BCUT2D eigenvalue weighted by molar-refractivity contribution is 5.94. The van der Waals surface area contributed by atoms with Crippen LogP contribution in [0.5, 0.6) is 17.4 Å². The molecular formula is C25H28N4O3. The Balaban J connectivity index is 1.40. The number of ether oxygens (including phenoxy) is 2. The number of hydrogen-bond donors (Lipinski definition) is 0. The molecule has 2 aromatic carbocycles. The van der Waals surface area contributed by atoms with Gasteiger partial charge in [0, 0.05) is 37.8 Å². The van der Waals surface area contributed by atoms with Gasteiger partial charge >= 0.3 is 0 Å². The number of benzene rings is 2. The van der Waals surface area contributed by atoms with Crippen molar-refractivity contribution in [2.45, 2.75) is 20.3 Å². The van der Waals surface area contributed by atoms with E-state index >= 15 is 0 Å². The first-order valence-electron chi connectivity index (χ1n) is 10.8. The number of carbonyl (C=O) groups is 1. The predicted octanol–water partition coefficient (Wildman–Crippen LogP) is 4.11. The zero-order valence-electron chi connectivity index (χ0n) is 18.7. The van der Waals surface area contributed by atoms with Gasteiger partial charge in [0.15, 0.2) is 11.5 Å². The van der Waals surface area contributed by atoms with Crippen molar-refractivity contribution >= 4 is 11.7 Å². The maximum Gasteiger partial charge on any atom is 0.253 e. The van der Waals surface area contributed by atoms with Crippen molar-refractivity contribution in [2.75, 3.05) is 38.2 Å². The summed E-state index contributed by atoms with van der Waals surface area (Å²) in [5, 5.41) is 0. The second-order valence-electron chi connectivity index (χ2n) is 7.80. The smallest absolute Gasteiger partial charge is 0.253 e. The highest BCUT2D eigenvalue weighted by Crippen LogP contribution is 2.32. The van der Waals surface area contributed by atoms with Crippen LogP contribution in [0.1, 0.15) is 28.4 Å². The van der Waals surface area contributed by atoms with Gasteiger partial charge in [-0.1, -0.05) is 25.1 Å². The van der Waals surface area contributed by atoms with E-state index in [1.54, 1.807) is 7.11 Å². The molecule has 0 N–H and O–H groups in total. The van der Waals surface area contributed by atoms with Crippen LogP contribution in [0.15, 0.2) is 54.9 Å². The molecule has 0 radical (unpaired) electrons. The minimum absolute atomic E-state index is 0.0745. The van der Waals surface area contributed by atoms with E-state index in [0.717, 1.165) is 23.4 Å². The number of piperazine rings is 1. The second-order valence-corrected chi connectivity index (χ2v) is 7.80. The summed E-state index contributed by atoms with van der Waals surface area (Å²) < 4.78 is 11.4. The topological polar surface area (TPSA) is 67.8 Å². The molecule has 0 bridgehead atoms. The number of aryl methyl sites for hydroxylation is 2. The third kappa shape index (κ3) is 4.82. The van der Waals surface area contributed by atoms with Gasteiger partial charge in [0.05, 0.1) is 7.11 Å². The molecule has 1 aliphatic heterocycles. The van der Waals surface area contributed by atoms with E-state index in [0.29, 0.717) is 43.6 Å². The van der Waals surface area contributed by atoms with Crippen LogP contribution in [-0.4, -0.2) is 54.1 Å². The minimum Gasteiger partial charge on any atom is -0.493 e. The van der Waals surface area contributed by atoms with Crippen molar-refractivity contribution in [3.8, 4) is 17.4 Å². The Morgan fingerprint density at radius 3 is 2.41 bits per heavy atom. The summed E-state index contributed by atoms with van der Waals surface area (Å²) in [6.07, 6.45) is 2.46. The van der Waals surface area contributed by atoms with Crippen molar-refractivity contribution < 1.29 is 14.3 Å². The van der Waals surface area contributed by atoms with E-state index in [1.807, 2.05) is 60.4 Å². The van der Waals surface area contributed by atoms with E-state index in [1.165, 1.54) is 11.9 Å². The fourth-order valence-electron chi connectivity index (χ4n) is 3.73. The summed E-state index contributed by atoms with van der Waals surface area (Å²) >= 11 is 0. The molecule has 4 rings (SSSR count). The van der Waals surface area contributed by atoms with Crippen LogP contribution < -0.4 is 14.4 Å². The summed E-state index contributed by atoms with van der Waals surface area (Å²) in [5.41, 5.74) is 3.06. The van der Waals surface area contributed by atoms with Crippen LogP contribution in [0.2, 0.25) is 0 Å². The van der Waals surface area contributed by atoms with Crippen molar-refractivity contribution in [3.05, 3.63) is 71.5 Å². The summed E-state index contributed by atoms with van der Waals surface area (Å²) in [6, 6.07) is 15.5. The van der Waals surface area contributed by atoms with E-state index < -0.39 is 0 Å². The highest BCUT2D eigenvalue weighted by Gasteiger charge is 2.23. The normalized spacial score (nSPS) is 13.7. The van der Waals surface area contributed by atoms with E-state index in [4.69, 9.17) is 9.47 Å². The van der Waals surface area contributed by atoms with Crippen molar-refractivity contribution in [1.82, 2.24) is 14.9 Å². The van der Waals surface area contributed by atoms with E-state index in [2.05, 4.69) is 21.8 Å². The molecule has 1 aromatic heterocycles. The molecule has 1 amide bonds. The first-order valence-corrected chi connectivity index (χ1v) is 10.8. The maximum atomic E-state index is 12.8. The van der Waals surface area contributed by atoms with Crippen molar-refractivity contribution in [3.63, 3.8) is 0 Å². The average molecular weight is 433 g/mol. The number of methoxy groups -OCH3 is 1. The van der Waals surface area contributed by atoms with Crippen LogP contribution >= 0.6 is 0 Å². The van der Waals surface area contributed by atoms with Crippen molar-refractivity contribution in [2.24, 2.45) is 0 Å². The third-order valence-corrected chi connectivity index (χ3v) is 5.66. The molecular weight excluding hydrogens is 404 g/mol. The minimum atomic E-state index is 0.0745. The molecule has 3 aromatic rings. The molecule has 0 spiro atoms. The Morgan fingerprint density at radius 2 is 1.72 bits per heavy atom. The van der Waals surface area contributed by atoms with E-state index in [-0.39, 0.29) is 5.91 Å². The fraction of sp³-hybridized carbons (Fsp3) is 0.320. The highest BCUT2D eigenvalue weighted by atomic mass is 16.5. The Bertz CT molecular complexity index is 1080. The second kappa shape index (κ2) is 9.68. The number of anilines is 1. The molecule has 0 saturated carbocycles. The van der Waals surface area contributed by atoms with Gasteiger partial charge in [-0.2, -0.15) is 0 Å². The van der Waals surface area contributed by atoms with E-state index in [9.17, 15) is 4.79 Å². The summed E-state index contributed by atoms with van der Waals surface area (Å²) in [5.74, 6) is 2.56. The largest absolute Gasteiger partial charge is 0.493 e. The lowest BCUT2D eigenvalue weighted by molar-refractivity contribution is 0.0746. The first kappa shape index (κ1) is 21.6. The van der Waals surface area contributed by atoms with Crippen LogP contribution in [0, 0.1) is 6.92 Å². The zero-order valence-corrected chi connectivity index (χ0v) is 18.7. The van der Waals surface area contributed by atoms with Gasteiger partial charge in [-0.15, -0.1) is 0 Å². The van der Waals surface area contributed by atoms with Gasteiger partial charge in [0.25, 0.3) is 5.91 Å². The molecule has 7 heteroatoms. The Morgan fingerprint density at radius 1 is 0.969 bits per heavy atom. The number of hydrogen-bond acceptors (Lipinski definition) is 6. The average Bonchev–Trinajstić information content (AvgIpc) is 2.85.